The SMILES string of the molecule is CC(OC(=O)CCn1ccc2ccccc21)C(=O)NC(C)c1ccccc1. The molecular formula is C22H24N2O3. The van der Waals surface area contributed by atoms with Crippen LogP contribution in [0.2, 0.25) is 0 Å². The van der Waals surface area contributed by atoms with Crippen molar-refractivity contribution >= 4 is 22.8 Å². The van der Waals surface area contributed by atoms with Crippen LogP contribution in [0, 0.1) is 0 Å². The Morgan fingerprint density at radius 3 is 2.48 bits per heavy atom. The molecule has 0 aliphatic rings. The Kier molecular flexibility index (Phi) is 5.91. The van der Waals surface area contributed by atoms with Crippen LogP contribution < -0.4 is 5.32 Å². The normalized spacial score (nSPS) is 13.1. The number of hydrogen-bond donors (Lipinski definition) is 1. The van der Waals surface area contributed by atoms with Crippen LogP contribution in [-0.4, -0.2) is 22.5 Å². The molecule has 0 radical (unpaired) electrons. The van der Waals surface area contributed by atoms with Gasteiger partial charge in [-0.3, -0.25) is 9.59 Å². The minimum absolute atomic E-state index is 0.147. The number of para-hydroxylation sites is 1. The molecule has 1 heterocycles. The number of rotatable bonds is 7. The van der Waals surface area contributed by atoms with Crippen LogP contribution in [0.3, 0.4) is 0 Å². The molecule has 3 rings (SSSR count). The van der Waals surface area contributed by atoms with E-state index in [1.165, 1.54) is 0 Å². The summed E-state index contributed by atoms with van der Waals surface area (Å²) in [4.78, 5) is 24.4. The van der Waals surface area contributed by atoms with Crippen molar-refractivity contribution < 1.29 is 14.3 Å². The molecule has 0 aliphatic carbocycles. The summed E-state index contributed by atoms with van der Waals surface area (Å²) in [5.74, 6) is -0.686. The average molecular weight is 364 g/mol. The lowest BCUT2D eigenvalue weighted by Gasteiger charge is -2.18. The van der Waals surface area contributed by atoms with Gasteiger partial charge < -0.3 is 14.6 Å². The summed E-state index contributed by atoms with van der Waals surface area (Å²) in [6.45, 7) is 4.01. The zero-order valence-corrected chi connectivity index (χ0v) is 15.6. The van der Waals surface area contributed by atoms with Crippen LogP contribution in [0.5, 0.6) is 0 Å². The number of ether oxygens (including phenoxy) is 1. The van der Waals surface area contributed by atoms with E-state index in [9.17, 15) is 9.59 Å². The molecule has 1 aromatic heterocycles. The Bertz CT molecular complexity index is 917. The first-order chi connectivity index (χ1) is 13.0. The summed E-state index contributed by atoms with van der Waals surface area (Å²) < 4.78 is 7.31. The fraction of sp³-hybridized carbons (Fsp3) is 0.273. The van der Waals surface area contributed by atoms with Crippen LogP contribution in [0.4, 0.5) is 0 Å². The monoisotopic (exact) mass is 364 g/mol. The number of aryl methyl sites for hydroxylation is 1. The number of hydrogen-bond acceptors (Lipinski definition) is 3. The summed E-state index contributed by atoms with van der Waals surface area (Å²) in [6, 6.07) is 19.5. The highest BCUT2D eigenvalue weighted by Crippen LogP contribution is 2.16. The highest BCUT2D eigenvalue weighted by Gasteiger charge is 2.20. The maximum Gasteiger partial charge on any atom is 0.308 e. The van der Waals surface area contributed by atoms with Gasteiger partial charge in [0.25, 0.3) is 5.91 Å². The van der Waals surface area contributed by atoms with Gasteiger partial charge in [-0.1, -0.05) is 48.5 Å². The van der Waals surface area contributed by atoms with E-state index in [2.05, 4.69) is 5.32 Å². The number of benzene rings is 2. The molecule has 1 N–H and O–H groups in total. The first kappa shape index (κ1) is 18.7. The van der Waals surface area contributed by atoms with E-state index in [-0.39, 0.29) is 24.3 Å². The lowest BCUT2D eigenvalue weighted by molar-refractivity contribution is -0.155. The van der Waals surface area contributed by atoms with Gasteiger partial charge in [-0.15, -0.1) is 0 Å². The van der Waals surface area contributed by atoms with Crippen molar-refractivity contribution in [2.45, 2.75) is 39.0 Å². The molecule has 2 unspecified atom stereocenters. The molecule has 0 spiro atoms. The maximum absolute atomic E-state index is 12.3. The second-order valence-corrected chi connectivity index (χ2v) is 6.59. The van der Waals surface area contributed by atoms with Crippen LogP contribution in [0.15, 0.2) is 66.9 Å². The van der Waals surface area contributed by atoms with E-state index in [4.69, 9.17) is 4.74 Å². The fourth-order valence-corrected chi connectivity index (χ4v) is 3.01. The van der Waals surface area contributed by atoms with E-state index >= 15 is 0 Å². The smallest absolute Gasteiger partial charge is 0.308 e. The summed E-state index contributed by atoms with van der Waals surface area (Å²) in [5.41, 5.74) is 2.08. The molecule has 0 aliphatic heterocycles. The number of carbonyl (C=O) groups is 2. The number of aromatic nitrogens is 1. The van der Waals surface area contributed by atoms with E-state index in [0.29, 0.717) is 6.54 Å². The molecule has 2 atom stereocenters. The minimum atomic E-state index is -0.829. The van der Waals surface area contributed by atoms with Gasteiger partial charge in [0.05, 0.1) is 12.5 Å². The Morgan fingerprint density at radius 1 is 1.00 bits per heavy atom. The van der Waals surface area contributed by atoms with E-state index in [1.54, 1.807) is 6.92 Å². The van der Waals surface area contributed by atoms with Crippen molar-refractivity contribution in [3.8, 4) is 0 Å². The van der Waals surface area contributed by atoms with Crippen LogP contribution in [0.25, 0.3) is 10.9 Å². The maximum atomic E-state index is 12.3. The highest BCUT2D eigenvalue weighted by atomic mass is 16.5. The molecule has 0 fully saturated rings. The molecular weight excluding hydrogens is 340 g/mol. The number of fused-ring (bicyclic) bond motifs is 1. The molecule has 0 saturated carbocycles. The topological polar surface area (TPSA) is 60.3 Å². The molecule has 3 aromatic rings. The highest BCUT2D eigenvalue weighted by molar-refractivity contribution is 5.84. The van der Waals surface area contributed by atoms with Crippen LogP contribution >= 0.6 is 0 Å². The second-order valence-electron chi connectivity index (χ2n) is 6.59. The molecule has 140 valence electrons. The average Bonchev–Trinajstić information content (AvgIpc) is 3.10. The van der Waals surface area contributed by atoms with Crippen molar-refractivity contribution in [1.82, 2.24) is 9.88 Å². The summed E-state index contributed by atoms with van der Waals surface area (Å²) in [6.07, 6.45) is 1.34. The van der Waals surface area contributed by atoms with Gasteiger partial charge in [-0.25, -0.2) is 0 Å². The third-order valence-corrected chi connectivity index (χ3v) is 4.57. The van der Waals surface area contributed by atoms with Gasteiger partial charge in [0.15, 0.2) is 6.10 Å². The molecule has 0 bridgehead atoms. The van der Waals surface area contributed by atoms with Gasteiger partial charge in [-0.2, -0.15) is 0 Å². The zero-order chi connectivity index (χ0) is 19.2. The van der Waals surface area contributed by atoms with E-state index in [1.807, 2.05) is 78.4 Å². The molecule has 5 nitrogen and oxygen atoms in total. The third kappa shape index (κ3) is 4.76. The standard InChI is InChI=1S/C22H24N2O3/c1-16(18-8-4-3-5-9-18)23-22(26)17(2)27-21(25)13-15-24-14-12-19-10-6-7-11-20(19)24/h3-12,14,16-17H,13,15H2,1-2H3,(H,23,26). The minimum Gasteiger partial charge on any atom is -0.452 e. The molecule has 0 saturated heterocycles. The molecule has 5 heteroatoms. The molecule has 2 aromatic carbocycles. The first-order valence-corrected chi connectivity index (χ1v) is 9.13. The largest absolute Gasteiger partial charge is 0.452 e. The van der Waals surface area contributed by atoms with Crippen molar-refractivity contribution in [3.63, 3.8) is 0 Å². The van der Waals surface area contributed by atoms with E-state index < -0.39 is 6.10 Å². The van der Waals surface area contributed by atoms with Gasteiger partial charge in [0.1, 0.15) is 0 Å². The van der Waals surface area contributed by atoms with Crippen molar-refractivity contribution in [3.05, 3.63) is 72.4 Å². The Morgan fingerprint density at radius 2 is 1.70 bits per heavy atom. The first-order valence-electron chi connectivity index (χ1n) is 9.13. The molecule has 27 heavy (non-hydrogen) atoms. The summed E-state index contributed by atoms with van der Waals surface area (Å²) >= 11 is 0. The van der Waals surface area contributed by atoms with Gasteiger partial charge in [0, 0.05) is 18.3 Å². The van der Waals surface area contributed by atoms with Crippen molar-refractivity contribution in [1.29, 1.82) is 0 Å². The second kappa shape index (κ2) is 8.54. The zero-order valence-electron chi connectivity index (χ0n) is 15.6. The fourth-order valence-electron chi connectivity index (χ4n) is 3.01. The summed E-state index contributed by atoms with van der Waals surface area (Å²) in [5, 5.41) is 4.01. The number of esters is 1. The lowest BCUT2D eigenvalue weighted by Crippen LogP contribution is -2.37. The van der Waals surface area contributed by atoms with Crippen LogP contribution in [0.1, 0.15) is 31.9 Å². The van der Waals surface area contributed by atoms with Gasteiger partial charge >= 0.3 is 5.97 Å². The van der Waals surface area contributed by atoms with Gasteiger partial charge in [0.2, 0.25) is 0 Å². The quantitative estimate of drug-likeness (QED) is 0.648. The van der Waals surface area contributed by atoms with Crippen LogP contribution in [-0.2, 0) is 20.9 Å². The number of nitrogens with one attached hydrogen (secondary N) is 1. The Hall–Kier alpha value is -3.08. The van der Waals surface area contributed by atoms with Crippen molar-refractivity contribution in [2.24, 2.45) is 0 Å². The molecule has 1 amide bonds. The number of amides is 1. The number of nitrogens with zero attached hydrogens (tertiary/aromatic N) is 1. The predicted molar refractivity (Wildman–Crippen MR) is 105 cm³/mol. The Labute approximate surface area is 158 Å². The third-order valence-electron chi connectivity index (χ3n) is 4.57. The van der Waals surface area contributed by atoms with Crippen molar-refractivity contribution in [2.75, 3.05) is 0 Å². The predicted octanol–water partition coefficient (Wildman–Crippen LogP) is 3.84. The Balaban J connectivity index is 1.49. The lowest BCUT2D eigenvalue weighted by atomic mass is 10.1. The van der Waals surface area contributed by atoms with E-state index in [0.717, 1.165) is 16.5 Å². The summed E-state index contributed by atoms with van der Waals surface area (Å²) in [7, 11) is 0. The number of carbonyl (C=O) groups excluding carboxylic acids is 2. The van der Waals surface area contributed by atoms with Gasteiger partial charge in [-0.05, 0) is 36.9 Å².